The molecule has 0 aliphatic carbocycles. The minimum Gasteiger partial charge on any atom is -0.372 e. The van der Waals surface area contributed by atoms with Gasteiger partial charge in [-0.15, -0.1) is 0 Å². The number of nitrogens with one attached hydrogen (secondary N) is 1. The zero-order valence-corrected chi connectivity index (χ0v) is 10.5. The van der Waals surface area contributed by atoms with Gasteiger partial charge < -0.3 is 15.0 Å². The van der Waals surface area contributed by atoms with E-state index in [1.54, 1.807) is 0 Å². The second kappa shape index (κ2) is 7.63. The number of hydrogen-bond acceptors (Lipinski definition) is 3. The Morgan fingerprint density at radius 1 is 1.38 bits per heavy atom. The van der Waals surface area contributed by atoms with Crippen LogP contribution in [0.3, 0.4) is 0 Å². The molecule has 1 amide bonds. The van der Waals surface area contributed by atoms with Crippen LogP contribution in [0, 0.1) is 5.92 Å². The van der Waals surface area contributed by atoms with E-state index < -0.39 is 0 Å². The average Bonchev–Trinajstić information content (AvgIpc) is 2.34. The van der Waals surface area contributed by atoms with Crippen LogP contribution in [0.1, 0.15) is 26.7 Å². The lowest BCUT2D eigenvalue weighted by molar-refractivity contribution is -0.136. The summed E-state index contributed by atoms with van der Waals surface area (Å²) in [5.74, 6) is 0.787. The Bertz CT molecular complexity index is 203. The lowest BCUT2D eigenvalue weighted by atomic mass is 9.97. The summed E-state index contributed by atoms with van der Waals surface area (Å²) in [5, 5.41) is 3.34. The van der Waals surface area contributed by atoms with Gasteiger partial charge in [-0.05, 0) is 45.7 Å². The Labute approximate surface area is 98.3 Å². The van der Waals surface area contributed by atoms with E-state index in [0.717, 1.165) is 26.2 Å². The van der Waals surface area contributed by atoms with Gasteiger partial charge in [0, 0.05) is 19.7 Å². The van der Waals surface area contributed by atoms with Crippen LogP contribution in [-0.2, 0) is 9.53 Å². The van der Waals surface area contributed by atoms with E-state index in [9.17, 15) is 4.79 Å². The van der Waals surface area contributed by atoms with Crippen LogP contribution in [-0.4, -0.2) is 50.2 Å². The first-order valence-corrected chi connectivity index (χ1v) is 6.34. The second-order valence-electron chi connectivity index (χ2n) is 4.26. The van der Waals surface area contributed by atoms with Crippen LogP contribution < -0.4 is 5.32 Å². The van der Waals surface area contributed by atoms with E-state index in [2.05, 4.69) is 5.32 Å². The van der Waals surface area contributed by atoms with Gasteiger partial charge in [-0.1, -0.05) is 0 Å². The Morgan fingerprint density at radius 3 is 2.62 bits per heavy atom. The SMILES string of the molecule is CCOCC(=O)N(CC)CC1CCNCC1. The quantitative estimate of drug-likeness (QED) is 0.733. The number of likely N-dealkylation sites (N-methyl/N-ethyl adjacent to an activating group) is 1. The van der Waals surface area contributed by atoms with Crippen molar-refractivity contribution in [2.45, 2.75) is 26.7 Å². The van der Waals surface area contributed by atoms with Gasteiger partial charge in [0.25, 0.3) is 0 Å². The smallest absolute Gasteiger partial charge is 0.248 e. The van der Waals surface area contributed by atoms with Gasteiger partial charge in [0.15, 0.2) is 0 Å². The first kappa shape index (κ1) is 13.5. The maximum absolute atomic E-state index is 11.8. The number of nitrogens with zero attached hydrogens (tertiary/aromatic N) is 1. The zero-order valence-electron chi connectivity index (χ0n) is 10.5. The third kappa shape index (κ3) is 4.49. The molecule has 0 saturated carbocycles. The summed E-state index contributed by atoms with van der Waals surface area (Å²) in [7, 11) is 0. The molecule has 0 bridgehead atoms. The Balaban J connectivity index is 2.31. The molecule has 1 aliphatic rings. The molecule has 1 rings (SSSR count). The van der Waals surface area contributed by atoms with Gasteiger partial charge in [0.2, 0.25) is 5.91 Å². The first-order chi connectivity index (χ1) is 7.77. The molecule has 0 radical (unpaired) electrons. The number of amides is 1. The predicted octanol–water partition coefficient (Wildman–Crippen LogP) is 0.871. The predicted molar refractivity (Wildman–Crippen MR) is 64.3 cm³/mol. The molecule has 1 aliphatic heterocycles. The van der Waals surface area contributed by atoms with Crippen molar-refractivity contribution in [2.75, 3.05) is 39.4 Å². The molecule has 0 unspecified atom stereocenters. The number of ether oxygens (including phenoxy) is 1. The summed E-state index contributed by atoms with van der Waals surface area (Å²) in [6.07, 6.45) is 2.36. The normalized spacial score (nSPS) is 17.4. The van der Waals surface area contributed by atoms with Gasteiger partial charge in [0.05, 0.1) is 0 Å². The molecule has 0 atom stereocenters. The van der Waals surface area contributed by atoms with Crippen molar-refractivity contribution in [2.24, 2.45) is 5.92 Å². The fourth-order valence-electron chi connectivity index (χ4n) is 2.06. The van der Waals surface area contributed by atoms with Crippen LogP contribution >= 0.6 is 0 Å². The summed E-state index contributed by atoms with van der Waals surface area (Å²) in [4.78, 5) is 13.7. The van der Waals surface area contributed by atoms with E-state index in [0.29, 0.717) is 12.5 Å². The van der Waals surface area contributed by atoms with E-state index in [-0.39, 0.29) is 12.5 Å². The van der Waals surface area contributed by atoms with Gasteiger partial charge in [-0.3, -0.25) is 4.79 Å². The van der Waals surface area contributed by atoms with Crippen LogP contribution in [0.5, 0.6) is 0 Å². The number of rotatable bonds is 6. The summed E-state index contributed by atoms with van der Waals surface area (Å²) >= 11 is 0. The molecule has 4 nitrogen and oxygen atoms in total. The number of hydrogen-bond donors (Lipinski definition) is 1. The largest absolute Gasteiger partial charge is 0.372 e. The van der Waals surface area contributed by atoms with Crippen molar-refractivity contribution in [3.05, 3.63) is 0 Å². The Kier molecular flexibility index (Phi) is 6.42. The highest BCUT2D eigenvalue weighted by atomic mass is 16.5. The lowest BCUT2D eigenvalue weighted by Gasteiger charge is -2.29. The van der Waals surface area contributed by atoms with Crippen LogP contribution in [0.25, 0.3) is 0 Å². The highest BCUT2D eigenvalue weighted by Gasteiger charge is 2.19. The molecule has 16 heavy (non-hydrogen) atoms. The fourth-order valence-corrected chi connectivity index (χ4v) is 2.06. The maximum Gasteiger partial charge on any atom is 0.248 e. The van der Waals surface area contributed by atoms with Gasteiger partial charge >= 0.3 is 0 Å². The summed E-state index contributed by atoms with van der Waals surface area (Å²) in [6, 6.07) is 0. The standard InChI is InChI=1S/C12H24N2O2/c1-3-14(12(15)10-16-4-2)9-11-5-7-13-8-6-11/h11,13H,3-10H2,1-2H3. The van der Waals surface area contributed by atoms with E-state index in [4.69, 9.17) is 4.74 Å². The molecule has 0 aromatic heterocycles. The zero-order chi connectivity index (χ0) is 11.8. The molecule has 1 heterocycles. The van der Waals surface area contributed by atoms with Gasteiger partial charge in [-0.25, -0.2) is 0 Å². The molecular weight excluding hydrogens is 204 g/mol. The topological polar surface area (TPSA) is 41.6 Å². The van der Waals surface area contributed by atoms with Crippen LogP contribution in [0.4, 0.5) is 0 Å². The third-order valence-electron chi connectivity index (χ3n) is 3.10. The van der Waals surface area contributed by atoms with Gasteiger partial charge in [0.1, 0.15) is 6.61 Å². The maximum atomic E-state index is 11.8. The molecule has 0 spiro atoms. The monoisotopic (exact) mass is 228 g/mol. The van der Waals surface area contributed by atoms with E-state index in [1.807, 2.05) is 18.7 Å². The third-order valence-corrected chi connectivity index (χ3v) is 3.10. The highest BCUT2D eigenvalue weighted by Crippen LogP contribution is 2.13. The molecule has 1 fully saturated rings. The molecule has 1 saturated heterocycles. The number of piperidine rings is 1. The average molecular weight is 228 g/mol. The second-order valence-corrected chi connectivity index (χ2v) is 4.26. The van der Waals surface area contributed by atoms with Crippen molar-refractivity contribution >= 4 is 5.91 Å². The fraction of sp³-hybridized carbons (Fsp3) is 0.917. The van der Waals surface area contributed by atoms with E-state index in [1.165, 1.54) is 12.8 Å². The van der Waals surface area contributed by atoms with Crippen molar-refractivity contribution in [3.63, 3.8) is 0 Å². The minimum absolute atomic E-state index is 0.128. The van der Waals surface area contributed by atoms with Crippen molar-refractivity contribution in [3.8, 4) is 0 Å². The number of carbonyl (C=O) groups excluding carboxylic acids is 1. The highest BCUT2D eigenvalue weighted by molar-refractivity contribution is 5.77. The molecule has 94 valence electrons. The van der Waals surface area contributed by atoms with Crippen molar-refractivity contribution < 1.29 is 9.53 Å². The van der Waals surface area contributed by atoms with Crippen molar-refractivity contribution in [1.82, 2.24) is 10.2 Å². The number of carbonyl (C=O) groups is 1. The lowest BCUT2D eigenvalue weighted by Crippen LogP contribution is -2.40. The Hall–Kier alpha value is -0.610. The van der Waals surface area contributed by atoms with Crippen molar-refractivity contribution in [1.29, 1.82) is 0 Å². The van der Waals surface area contributed by atoms with E-state index >= 15 is 0 Å². The molecule has 4 heteroatoms. The van der Waals surface area contributed by atoms with Crippen LogP contribution in [0.15, 0.2) is 0 Å². The van der Waals surface area contributed by atoms with Gasteiger partial charge in [-0.2, -0.15) is 0 Å². The minimum atomic E-state index is 0.128. The van der Waals surface area contributed by atoms with Crippen LogP contribution in [0.2, 0.25) is 0 Å². The molecule has 0 aromatic carbocycles. The first-order valence-electron chi connectivity index (χ1n) is 6.34. The Morgan fingerprint density at radius 2 is 2.06 bits per heavy atom. The molecule has 0 aromatic rings. The molecule has 1 N–H and O–H groups in total. The summed E-state index contributed by atoms with van der Waals surface area (Å²) < 4.78 is 5.16. The summed E-state index contributed by atoms with van der Waals surface area (Å²) in [6.45, 7) is 8.64. The molecular formula is C12H24N2O2. The summed E-state index contributed by atoms with van der Waals surface area (Å²) in [5.41, 5.74) is 0.